The Bertz CT molecular complexity index is 924. The van der Waals surface area contributed by atoms with Gasteiger partial charge >= 0.3 is 5.97 Å². The average molecular weight is 354 g/mol. The third-order valence-electron chi connectivity index (χ3n) is 3.43. The van der Waals surface area contributed by atoms with Crippen molar-refractivity contribution in [3.63, 3.8) is 0 Å². The molecule has 1 atom stereocenters. The molecule has 3 aromatic rings. The fraction of sp³-hybridized carbons (Fsp3) is 0.176. The van der Waals surface area contributed by atoms with Gasteiger partial charge in [0.15, 0.2) is 11.1 Å². The number of hydrogen-bond donors (Lipinski definition) is 1. The Balaban J connectivity index is 1.53. The van der Waals surface area contributed by atoms with Crippen LogP contribution in [0.4, 0.5) is 5.69 Å². The number of nitrogens with one attached hydrogen (secondary N) is 1. The lowest BCUT2D eigenvalue weighted by Crippen LogP contribution is -2.30. The minimum absolute atomic E-state index is 0.00286. The summed E-state index contributed by atoms with van der Waals surface area (Å²) >= 11 is 1.47. The van der Waals surface area contributed by atoms with E-state index in [1.165, 1.54) is 18.3 Å². The molecule has 1 aromatic carbocycles. The maximum Gasteiger partial charge on any atom is 0.312 e. The van der Waals surface area contributed by atoms with E-state index in [1.54, 1.807) is 30.5 Å². The maximum absolute atomic E-state index is 12.1. The lowest BCUT2D eigenvalue weighted by Gasteiger charge is -2.13. The zero-order valence-corrected chi connectivity index (χ0v) is 14.1. The van der Waals surface area contributed by atoms with Gasteiger partial charge in [-0.2, -0.15) is 5.26 Å². The molecule has 0 aliphatic carbocycles. The highest BCUT2D eigenvalue weighted by molar-refractivity contribution is 7.15. The van der Waals surface area contributed by atoms with E-state index < -0.39 is 18.0 Å². The van der Waals surface area contributed by atoms with E-state index in [0.717, 1.165) is 4.96 Å². The fourth-order valence-electron chi connectivity index (χ4n) is 2.17. The quantitative estimate of drug-likeness (QED) is 0.710. The Morgan fingerprint density at radius 1 is 1.40 bits per heavy atom. The van der Waals surface area contributed by atoms with Crippen molar-refractivity contribution in [1.82, 2.24) is 9.38 Å². The summed E-state index contributed by atoms with van der Waals surface area (Å²) in [5.41, 5.74) is 1.62. The fourth-order valence-corrected chi connectivity index (χ4v) is 2.89. The number of anilines is 1. The third-order valence-corrected chi connectivity index (χ3v) is 4.20. The molecular formula is C17H14N4O3S. The van der Waals surface area contributed by atoms with Gasteiger partial charge in [0.25, 0.3) is 5.91 Å². The number of amides is 1. The Hall–Kier alpha value is -3.18. The molecule has 8 heteroatoms. The molecule has 3 rings (SSSR count). The topological polar surface area (TPSA) is 96.5 Å². The number of nitrogens with zero attached hydrogens (tertiary/aromatic N) is 3. The van der Waals surface area contributed by atoms with E-state index >= 15 is 0 Å². The molecule has 0 saturated heterocycles. The molecule has 0 spiro atoms. The van der Waals surface area contributed by atoms with Gasteiger partial charge in [0.05, 0.1) is 23.7 Å². The van der Waals surface area contributed by atoms with E-state index in [1.807, 2.05) is 22.0 Å². The maximum atomic E-state index is 12.1. The van der Waals surface area contributed by atoms with E-state index in [9.17, 15) is 9.59 Å². The number of benzene rings is 1. The van der Waals surface area contributed by atoms with Gasteiger partial charge in [-0.1, -0.05) is 0 Å². The van der Waals surface area contributed by atoms with Gasteiger partial charge in [-0.25, -0.2) is 4.98 Å². The van der Waals surface area contributed by atoms with Gasteiger partial charge in [-0.3, -0.25) is 14.0 Å². The van der Waals surface area contributed by atoms with E-state index in [4.69, 9.17) is 10.00 Å². The summed E-state index contributed by atoms with van der Waals surface area (Å²) < 4.78 is 6.98. The van der Waals surface area contributed by atoms with Crippen molar-refractivity contribution in [3.8, 4) is 6.07 Å². The number of hydrogen-bond acceptors (Lipinski definition) is 6. The molecule has 1 N–H and O–H groups in total. The second kappa shape index (κ2) is 7.15. The molecule has 126 valence electrons. The largest absolute Gasteiger partial charge is 0.452 e. The molecule has 2 aromatic heterocycles. The van der Waals surface area contributed by atoms with Gasteiger partial charge in [0, 0.05) is 23.5 Å². The Kier molecular flexibility index (Phi) is 4.77. The van der Waals surface area contributed by atoms with Gasteiger partial charge in [0.1, 0.15) is 0 Å². The first kappa shape index (κ1) is 16.7. The van der Waals surface area contributed by atoms with E-state index in [-0.39, 0.29) is 6.42 Å². The first-order valence-electron chi connectivity index (χ1n) is 7.47. The Morgan fingerprint density at radius 2 is 2.16 bits per heavy atom. The molecule has 0 radical (unpaired) electrons. The van der Waals surface area contributed by atoms with Crippen LogP contribution in [0.3, 0.4) is 0 Å². The van der Waals surface area contributed by atoms with Gasteiger partial charge in [-0.15, -0.1) is 11.3 Å². The summed E-state index contributed by atoms with van der Waals surface area (Å²) in [4.78, 5) is 29.2. The number of aromatic nitrogens is 2. The number of carbonyl (C=O) groups is 2. The SMILES string of the molecule is C[C@@H](OC(=O)Cc1cn2ccsc2n1)C(=O)Nc1ccc(C#N)cc1. The predicted octanol–water partition coefficient (Wildman–Crippen LogP) is 2.38. The van der Waals surface area contributed by atoms with Crippen molar-refractivity contribution in [2.24, 2.45) is 0 Å². The van der Waals surface area contributed by atoms with Crippen LogP contribution in [0.1, 0.15) is 18.2 Å². The van der Waals surface area contributed by atoms with Crippen LogP contribution in [-0.4, -0.2) is 27.4 Å². The highest BCUT2D eigenvalue weighted by Gasteiger charge is 2.19. The average Bonchev–Trinajstić information content (AvgIpc) is 3.16. The second-order valence-corrected chi connectivity index (χ2v) is 6.19. The second-order valence-electron chi connectivity index (χ2n) is 5.31. The number of carbonyl (C=O) groups excluding carboxylic acids is 2. The Labute approximate surface area is 147 Å². The summed E-state index contributed by atoms with van der Waals surface area (Å²) in [7, 11) is 0. The number of fused-ring (bicyclic) bond motifs is 1. The van der Waals surface area contributed by atoms with E-state index in [2.05, 4.69) is 10.3 Å². The molecule has 1 amide bonds. The monoisotopic (exact) mass is 354 g/mol. The predicted molar refractivity (Wildman–Crippen MR) is 92.1 cm³/mol. The molecule has 25 heavy (non-hydrogen) atoms. The minimum atomic E-state index is -0.938. The first-order chi connectivity index (χ1) is 12.0. The van der Waals surface area contributed by atoms with Crippen molar-refractivity contribution in [2.45, 2.75) is 19.4 Å². The summed E-state index contributed by atoms with van der Waals surface area (Å²) in [6.45, 7) is 1.50. The molecule has 0 aliphatic heterocycles. The normalized spacial score (nSPS) is 11.7. The number of nitriles is 1. The Morgan fingerprint density at radius 3 is 2.84 bits per heavy atom. The van der Waals surface area contributed by atoms with Crippen molar-refractivity contribution in [3.05, 3.63) is 53.3 Å². The summed E-state index contributed by atoms with van der Waals surface area (Å²) in [6.07, 6.45) is 2.68. The third kappa shape index (κ3) is 4.02. The van der Waals surface area contributed by atoms with Crippen LogP contribution in [0.25, 0.3) is 4.96 Å². The van der Waals surface area contributed by atoms with Crippen molar-refractivity contribution in [2.75, 3.05) is 5.32 Å². The highest BCUT2D eigenvalue weighted by atomic mass is 32.1. The van der Waals surface area contributed by atoms with Gasteiger partial charge in [-0.05, 0) is 31.2 Å². The molecule has 7 nitrogen and oxygen atoms in total. The standard InChI is InChI=1S/C17H14N4O3S/c1-11(16(23)19-13-4-2-12(9-18)3-5-13)24-15(22)8-14-10-21-6-7-25-17(21)20-14/h2-7,10-11H,8H2,1H3,(H,19,23)/t11-/m1/s1. The van der Waals surface area contributed by atoms with Crippen molar-refractivity contribution in [1.29, 1.82) is 5.26 Å². The molecule has 0 fully saturated rings. The van der Waals surface area contributed by atoms with E-state index in [0.29, 0.717) is 16.9 Å². The van der Waals surface area contributed by atoms with Crippen LogP contribution in [0.15, 0.2) is 42.0 Å². The van der Waals surface area contributed by atoms with Crippen LogP contribution in [-0.2, 0) is 20.7 Å². The van der Waals surface area contributed by atoms with Crippen LogP contribution in [0, 0.1) is 11.3 Å². The van der Waals surface area contributed by atoms with Crippen LogP contribution >= 0.6 is 11.3 Å². The summed E-state index contributed by atoms with van der Waals surface area (Å²) in [5.74, 6) is -0.961. The first-order valence-corrected chi connectivity index (χ1v) is 8.34. The number of thiazole rings is 1. The zero-order valence-electron chi connectivity index (χ0n) is 13.3. The van der Waals surface area contributed by atoms with Crippen molar-refractivity contribution >= 4 is 33.9 Å². The van der Waals surface area contributed by atoms with Crippen LogP contribution in [0.5, 0.6) is 0 Å². The molecule has 0 aliphatic rings. The number of ether oxygens (including phenoxy) is 1. The minimum Gasteiger partial charge on any atom is -0.452 e. The zero-order chi connectivity index (χ0) is 17.8. The lowest BCUT2D eigenvalue weighted by atomic mass is 10.2. The summed E-state index contributed by atoms with van der Waals surface area (Å²) in [5, 5.41) is 13.3. The van der Waals surface area contributed by atoms with Crippen molar-refractivity contribution < 1.29 is 14.3 Å². The molecular weight excluding hydrogens is 340 g/mol. The molecule has 2 heterocycles. The number of esters is 1. The smallest absolute Gasteiger partial charge is 0.312 e. The summed E-state index contributed by atoms with van der Waals surface area (Å²) in [6, 6.07) is 8.41. The number of rotatable bonds is 5. The molecule has 0 bridgehead atoms. The van der Waals surface area contributed by atoms with Gasteiger partial charge < -0.3 is 10.1 Å². The highest BCUT2D eigenvalue weighted by Crippen LogP contribution is 2.13. The van der Waals surface area contributed by atoms with Crippen LogP contribution in [0.2, 0.25) is 0 Å². The lowest BCUT2D eigenvalue weighted by molar-refractivity contribution is -0.152. The number of imidazole rings is 1. The molecule has 0 saturated carbocycles. The molecule has 0 unspecified atom stereocenters. The van der Waals surface area contributed by atoms with Crippen LogP contribution < -0.4 is 5.32 Å². The van der Waals surface area contributed by atoms with Gasteiger partial charge in [0.2, 0.25) is 0 Å².